The lowest BCUT2D eigenvalue weighted by Crippen LogP contribution is -2.24. The van der Waals surface area contributed by atoms with Gasteiger partial charge in [0.1, 0.15) is 5.75 Å². The minimum Gasteiger partial charge on any atom is -0.484 e. The lowest BCUT2D eigenvalue weighted by atomic mass is 10.2. The molecule has 2 aromatic carbocycles. The maximum Gasteiger partial charge on any atom is 0.338 e. The topological polar surface area (TPSA) is 80.2 Å². The van der Waals surface area contributed by atoms with Crippen LogP contribution in [0.4, 0.5) is 5.69 Å². The van der Waals surface area contributed by atoms with Gasteiger partial charge < -0.3 is 14.4 Å². The van der Waals surface area contributed by atoms with Crippen LogP contribution in [0.25, 0.3) is 0 Å². The molecule has 1 amide bonds. The minimum absolute atomic E-state index is 0.184. The van der Waals surface area contributed by atoms with Crippen molar-refractivity contribution in [3.63, 3.8) is 0 Å². The van der Waals surface area contributed by atoms with E-state index in [2.05, 4.69) is 29.3 Å². The summed E-state index contributed by atoms with van der Waals surface area (Å²) in [4.78, 5) is 25.7. The fourth-order valence-electron chi connectivity index (χ4n) is 2.62. The summed E-state index contributed by atoms with van der Waals surface area (Å²) >= 11 is 0. The maximum absolute atomic E-state index is 11.9. The normalized spacial score (nSPS) is 10.6. The zero-order chi connectivity index (χ0) is 21.1. The van der Waals surface area contributed by atoms with Crippen molar-refractivity contribution < 1.29 is 19.1 Å². The van der Waals surface area contributed by atoms with Gasteiger partial charge in [0, 0.05) is 18.8 Å². The van der Waals surface area contributed by atoms with Crippen molar-refractivity contribution in [3.8, 4) is 5.75 Å². The zero-order valence-corrected chi connectivity index (χ0v) is 17.1. The van der Waals surface area contributed by atoms with Crippen LogP contribution in [0.2, 0.25) is 0 Å². The molecule has 0 heterocycles. The first kappa shape index (κ1) is 21.9. The van der Waals surface area contributed by atoms with Crippen molar-refractivity contribution >= 4 is 23.8 Å². The Morgan fingerprint density at radius 3 is 2.24 bits per heavy atom. The van der Waals surface area contributed by atoms with Crippen LogP contribution in [0.3, 0.4) is 0 Å². The molecule has 0 aliphatic carbocycles. The molecule has 0 aliphatic heterocycles. The smallest absolute Gasteiger partial charge is 0.338 e. The van der Waals surface area contributed by atoms with E-state index >= 15 is 0 Å². The molecule has 0 aliphatic rings. The first-order chi connectivity index (χ1) is 14.1. The Balaban J connectivity index is 1.78. The molecule has 2 aromatic rings. The Hall–Kier alpha value is -3.35. The highest BCUT2D eigenvalue weighted by Gasteiger charge is 2.07. The molecule has 0 atom stereocenters. The predicted molar refractivity (Wildman–Crippen MR) is 114 cm³/mol. The van der Waals surface area contributed by atoms with E-state index in [0.717, 1.165) is 24.3 Å². The third-order valence-corrected chi connectivity index (χ3v) is 4.16. The van der Waals surface area contributed by atoms with E-state index in [1.54, 1.807) is 37.4 Å². The van der Waals surface area contributed by atoms with Crippen LogP contribution < -0.4 is 15.1 Å². The lowest BCUT2D eigenvalue weighted by Gasteiger charge is -2.20. The number of hydrogen-bond acceptors (Lipinski definition) is 6. The van der Waals surface area contributed by atoms with Gasteiger partial charge >= 0.3 is 5.97 Å². The van der Waals surface area contributed by atoms with Gasteiger partial charge in [0.15, 0.2) is 6.61 Å². The number of hydrogen-bond donors (Lipinski definition) is 1. The summed E-state index contributed by atoms with van der Waals surface area (Å²) in [5, 5.41) is 3.95. The number of rotatable bonds is 10. The number of carbonyl (C=O) groups is 2. The summed E-state index contributed by atoms with van der Waals surface area (Å²) in [6.07, 6.45) is 1.58. The van der Waals surface area contributed by atoms with E-state index in [4.69, 9.17) is 9.47 Å². The summed E-state index contributed by atoms with van der Waals surface area (Å²) in [5.74, 6) is -0.295. The molecule has 0 fully saturated rings. The SMILES string of the molecule is CCOC(=O)c1ccc(OCC(=O)NN=Cc2ccc(N(CC)CC)cc2)cc1. The molecule has 0 saturated carbocycles. The van der Waals surface area contributed by atoms with E-state index in [-0.39, 0.29) is 12.5 Å². The second kappa shape index (κ2) is 11.5. The van der Waals surface area contributed by atoms with Crippen molar-refractivity contribution in [3.05, 3.63) is 59.7 Å². The Morgan fingerprint density at radius 1 is 1.00 bits per heavy atom. The molecule has 0 radical (unpaired) electrons. The van der Waals surface area contributed by atoms with Crippen molar-refractivity contribution in [1.29, 1.82) is 0 Å². The number of nitrogens with zero attached hydrogens (tertiary/aromatic N) is 2. The molecular formula is C22H27N3O4. The molecule has 1 N–H and O–H groups in total. The molecular weight excluding hydrogens is 370 g/mol. The van der Waals surface area contributed by atoms with Gasteiger partial charge in [-0.3, -0.25) is 4.79 Å². The second-order valence-electron chi connectivity index (χ2n) is 6.09. The van der Waals surface area contributed by atoms with E-state index in [0.29, 0.717) is 17.9 Å². The van der Waals surface area contributed by atoms with E-state index in [1.807, 2.05) is 24.3 Å². The Bertz CT molecular complexity index is 813. The van der Waals surface area contributed by atoms with Crippen molar-refractivity contribution in [2.45, 2.75) is 20.8 Å². The summed E-state index contributed by atoms with van der Waals surface area (Å²) in [7, 11) is 0. The summed E-state index contributed by atoms with van der Waals surface area (Å²) in [6, 6.07) is 14.4. The largest absolute Gasteiger partial charge is 0.484 e. The second-order valence-corrected chi connectivity index (χ2v) is 6.09. The molecule has 7 heteroatoms. The van der Waals surface area contributed by atoms with E-state index < -0.39 is 5.97 Å². The zero-order valence-electron chi connectivity index (χ0n) is 17.1. The highest BCUT2D eigenvalue weighted by molar-refractivity contribution is 5.89. The summed E-state index contributed by atoms with van der Waals surface area (Å²) in [6.45, 7) is 8.01. The van der Waals surface area contributed by atoms with Gasteiger partial charge in [-0.25, -0.2) is 10.2 Å². The van der Waals surface area contributed by atoms with Crippen molar-refractivity contribution in [2.24, 2.45) is 5.10 Å². The molecule has 7 nitrogen and oxygen atoms in total. The fraction of sp³-hybridized carbons (Fsp3) is 0.318. The van der Waals surface area contributed by atoms with Gasteiger partial charge in [0.25, 0.3) is 5.91 Å². The number of anilines is 1. The molecule has 29 heavy (non-hydrogen) atoms. The number of ether oxygens (including phenoxy) is 2. The van der Waals surface area contributed by atoms with Crippen molar-refractivity contribution in [1.82, 2.24) is 5.43 Å². The minimum atomic E-state index is -0.392. The Morgan fingerprint density at radius 2 is 1.66 bits per heavy atom. The molecule has 0 spiro atoms. The highest BCUT2D eigenvalue weighted by Crippen LogP contribution is 2.14. The first-order valence-electron chi connectivity index (χ1n) is 9.64. The Labute approximate surface area is 171 Å². The third kappa shape index (κ3) is 6.95. The number of esters is 1. The monoisotopic (exact) mass is 397 g/mol. The Kier molecular flexibility index (Phi) is 8.69. The summed E-state index contributed by atoms with van der Waals surface area (Å²) in [5.41, 5.74) is 4.90. The number of amides is 1. The van der Waals surface area contributed by atoms with Gasteiger partial charge in [-0.1, -0.05) is 12.1 Å². The molecule has 0 aromatic heterocycles. The number of hydrazone groups is 1. The molecule has 0 saturated heterocycles. The molecule has 2 rings (SSSR count). The first-order valence-corrected chi connectivity index (χ1v) is 9.64. The van der Waals surface area contributed by atoms with Gasteiger partial charge in [-0.15, -0.1) is 0 Å². The lowest BCUT2D eigenvalue weighted by molar-refractivity contribution is -0.123. The van der Waals surface area contributed by atoms with Crippen LogP contribution in [-0.2, 0) is 9.53 Å². The summed E-state index contributed by atoms with van der Waals surface area (Å²) < 4.78 is 10.3. The quantitative estimate of drug-likeness (QED) is 0.378. The number of nitrogens with one attached hydrogen (secondary N) is 1. The molecule has 0 bridgehead atoms. The van der Waals surface area contributed by atoms with Gasteiger partial charge in [0.2, 0.25) is 0 Å². The molecule has 154 valence electrons. The average Bonchev–Trinajstić information content (AvgIpc) is 2.75. The van der Waals surface area contributed by atoms with Crippen LogP contribution in [-0.4, -0.2) is 44.4 Å². The number of benzene rings is 2. The maximum atomic E-state index is 11.9. The van der Waals surface area contributed by atoms with Crippen LogP contribution >= 0.6 is 0 Å². The van der Waals surface area contributed by atoms with Crippen LogP contribution in [0, 0.1) is 0 Å². The fourth-order valence-corrected chi connectivity index (χ4v) is 2.62. The third-order valence-electron chi connectivity index (χ3n) is 4.16. The van der Waals surface area contributed by atoms with Gasteiger partial charge in [0.05, 0.1) is 18.4 Å². The van der Waals surface area contributed by atoms with Crippen LogP contribution in [0.5, 0.6) is 5.75 Å². The van der Waals surface area contributed by atoms with E-state index in [9.17, 15) is 9.59 Å². The molecule has 0 unspecified atom stereocenters. The van der Waals surface area contributed by atoms with E-state index in [1.165, 1.54) is 0 Å². The van der Waals surface area contributed by atoms with Crippen LogP contribution in [0.15, 0.2) is 53.6 Å². The van der Waals surface area contributed by atoms with Crippen LogP contribution in [0.1, 0.15) is 36.7 Å². The standard InChI is InChI=1S/C22H27N3O4/c1-4-25(5-2)19-11-7-17(8-12-19)15-23-24-21(26)16-29-20-13-9-18(10-14-20)22(27)28-6-3/h7-15H,4-6,16H2,1-3H3,(H,24,26). The van der Waals surface area contributed by atoms with Gasteiger partial charge in [-0.2, -0.15) is 5.10 Å². The van der Waals surface area contributed by atoms with Crippen molar-refractivity contribution in [2.75, 3.05) is 31.2 Å². The van der Waals surface area contributed by atoms with Gasteiger partial charge in [-0.05, 0) is 62.7 Å². The highest BCUT2D eigenvalue weighted by atomic mass is 16.5. The average molecular weight is 397 g/mol. The number of carbonyl (C=O) groups excluding carboxylic acids is 2. The predicted octanol–water partition coefficient (Wildman–Crippen LogP) is 3.24.